The number of aromatic nitrogens is 6. The van der Waals surface area contributed by atoms with Gasteiger partial charge < -0.3 is 15.6 Å². The Balaban J connectivity index is 1.26. The molecular formula is C20H21ClN8. The highest BCUT2D eigenvalue weighted by molar-refractivity contribution is 6.35. The van der Waals surface area contributed by atoms with Crippen LogP contribution in [0.15, 0.2) is 36.8 Å². The molecule has 1 aliphatic carbocycles. The summed E-state index contributed by atoms with van der Waals surface area (Å²) in [5.41, 5.74) is 3.76. The van der Waals surface area contributed by atoms with Crippen LogP contribution in [0, 0.1) is 5.92 Å². The molecule has 4 N–H and O–H groups in total. The molecule has 1 atom stereocenters. The number of aromatic amines is 2. The van der Waals surface area contributed by atoms with E-state index in [-0.39, 0.29) is 0 Å². The van der Waals surface area contributed by atoms with Crippen molar-refractivity contribution in [1.82, 2.24) is 30.1 Å². The number of hydrogen-bond donors (Lipinski definition) is 4. The Kier molecular flexibility index (Phi) is 4.55. The lowest BCUT2D eigenvalue weighted by Crippen LogP contribution is -2.05. The monoisotopic (exact) mass is 408 g/mol. The van der Waals surface area contributed by atoms with E-state index in [1.165, 1.54) is 12.8 Å². The number of nitrogens with zero attached hydrogens (tertiary/aromatic N) is 4. The number of H-pyrrole nitrogens is 2. The summed E-state index contributed by atoms with van der Waals surface area (Å²) in [6.45, 7) is 2.74. The molecule has 4 aromatic rings. The Morgan fingerprint density at radius 3 is 2.97 bits per heavy atom. The summed E-state index contributed by atoms with van der Waals surface area (Å²) in [5.74, 6) is 3.23. The molecule has 1 fully saturated rings. The molecule has 8 nitrogen and oxygen atoms in total. The van der Waals surface area contributed by atoms with Gasteiger partial charge in [0.25, 0.3) is 0 Å². The van der Waals surface area contributed by atoms with Crippen molar-refractivity contribution in [2.75, 3.05) is 10.6 Å². The van der Waals surface area contributed by atoms with Crippen LogP contribution < -0.4 is 10.6 Å². The number of halogens is 1. The van der Waals surface area contributed by atoms with Crippen LogP contribution in [-0.2, 0) is 6.54 Å². The van der Waals surface area contributed by atoms with Gasteiger partial charge in [-0.3, -0.25) is 5.10 Å². The van der Waals surface area contributed by atoms with E-state index in [1.807, 2.05) is 18.2 Å². The van der Waals surface area contributed by atoms with E-state index < -0.39 is 0 Å². The molecule has 3 heterocycles. The summed E-state index contributed by atoms with van der Waals surface area (Å²) < 4.78 is 0. The second-order valence-electron chi connectivity index (χ2n) is 7.42. The van der Waals surface area contributed by atoms with E-state index in [0.717, 1.165) is 34.0 Å². The molecule has 9 heteroatoms. The van der Waals surface area contributed by atoms with E-state index >= 15 is 0 Å². The van der Waals surface area contributed by atoms with Crippen molar-refractivity contribution in [3.05, 3.63) is 53.1 Å². The van der Waals surface area contributed by atoms with E-state index in [4.69, 9.17) is 11.6 Å². The predicted octanol–water partition coefficient (Wildman–Crippen LogP) is 4.60. The molecule has 1 aromatic carbocycles. The summed E-state index contributed by atoms with van der Waals surface area (Å²) in [4.78, 5) is 16.1. The lowest BCUT2D eigenvalue weighted by Gasteiger charge is -2.08. The first-order valence-electron chi connectivity index (χ1n) is 9.67. The van der Waals surface area contributed by atoms with Crippen LogP contribution in [0.1, 0.15) is 36.9 Å². The molecule has 1 aliphatic rings. The number of anilines is 3. The maximum Gasteiger partial charge on any atom is 0.224 e. The maximum atomic E-state index is 6.45. The Bertz CT molecular complexity index is 1150. The fourth-order valence-corrected chi connectivity index (χ4v) is 3.74. The first-order chi connectivity index (χ1) is 14.2. The van der Waals surface area contributed by atoms with Gasteiger partial charge in [0.1, 0.15) is 11.3 Å². The van der Waals surface area contributed by atoms with Crippen LogP contribution in [0.2, 0.25) is 5.02 Å². The van der Waals surface area contributed by atoms with E-state index in [9.17, 15) is 0 Å². The third-order valence-corrected chi connectivity index (χ3v) is 5.80. The zero-order chi connectivity index (χ0) is 19.8. The number of rotatable bonds is 7. The predicted molar refractivity (Wildman–Crippen MR) is 113 cm³/mol. The van der Waals surface area contributed by atoms with Crippen molar-refractivity contribution in [2.24, 2.45) is 5.92 Å². The number of nitrogens with one attached hydrogen (secondary N) is 4. The van der Waals surface area contributed by atoms with Crippen LogP contribution in [0.25, 0.3) is 11.0 Å². The summed E-state index contributed by atoms with van der Waals surface area (Å²) >= 11 is 6.45. The first-order valence-corrected chi connectivity index (χ1v) is 10.0. The molecule has 0 aliphatic heterocycles. The van der Waals surface area contributed by atoms with Gasteiger partial charge in [-0.25, -0.2) is 9.97 Å². The van der Waals surface area contributed by atoms with Crippen LogP contribution >= 0.6 is 11.6 Å². The fourth-order valence-electron chi connectivity index (χ4n) is 3.45. The second-order valence-corrected chi connectivity index (χ2v) is 7.79. The third-order valence-electron chi connectivity index (χ3n) is 5.38. The minimum atomic E-state index is 0.497. The zero-order valence-corrected chi connectivity index (χ0v) is 16.7. The summed E-state index contributed by atoms with van der Waals surface area (Å²) in [7, 11) is 0. The fraction of sp³-hybridized carbons (Fsp3) is 0.300. The minimum Gasteiger partial charge on any atom is -0.350 e. The van der Waals surface area contributed by atoms with Crippen LogP contribution in [0.5, 0.6) is 0 Å². The van der Waals surface area contributed by atoms with Gasteiger partial charge in [-0.2, -0.15) is 10.1 Å². The Morgan fingerprint density at radius 1 is 1.21 bits per heavy atom. The standard InChI is InChI=1S/C20H21ClN8/c1-11(12-2-3-12)15-8-17(29-28-15)26-16-6-7-22-20(27-16)23-9-13-4-5-14-19(18(13)21)25-10-24-14/h4-8,10-12H,2-3,9H2,1H3,(H,24,25)(H3,22,23,26,27,28,29)/t11-/m0/s1. The molecule has 0 spiro atoms. The summed E-state index contributed by atoms with van der Waals surface area (Å²) in [6.07, 6.45) is 5.95. The lowest BCUT2D eigenvalue weighted by molar-refractivity contribution is 0.641. The molecule has 0 unspecified atom stereocenters. The molecule has 1 saturated carbocycles. The van der Waals surface area contributed by atoms with Gasteiger partial charge in [-0.15, -0.1) is 0 Å². The Morgan fingerprint density at radius 2 is 2.10 bits per heavy atom. The van der Waals surface area contributed by atoms with Gasteiger partial charge in [0.05, 0.1) is 16.9 Å². The molecule has 0 bridgehead atoms. The lowest BCUT2D eigenvalue weighted by atomic mass is 10.0. The Labute approximate surface area is 172 Å². The number of benzene rings is 1. The number of fused-ring (bicyclic) bond motifs is 1. The van der Waals surface area contributed by atoms with E-state index in [0.29, 0.717) is 29.3 Å². The quantitative estimate of drug-likeness (QED) is 0.356. The van der Waals surface area contributed by atoms with Crippen LogP contribution in [-0.4, -0.2) is 30.1 Å². The van der Waals surface area contributed by atoms with Crippen molar-refractivity contribution in [3.8, 4) is 0 Å². The topological polar surface area (TPSA) is 107 Å². The van der Waals surface area contributed by atoms with Gasteiger partial charge in [-0.05, 0) is 36.5 Å². The van der Waals surface area contributed by atoms with Crippen molar-refractivity contribution >= 4 is 40.2 Å². The Hall–Kier alpha value is -3.13. The van der Waals surface area contributed by atoms with Gasteiger partial charge in [0.15, 0.2) is 5.82 Å². The molecule has 0 amide bonds. The average molecular weight is 409 g/mol. The van der Waals surface area contributed by atoms with Crippen molar-refractivity contribution in [2.45, 2.75) is 32.2 Å². The third kappa shape index (κ3) is 3.75. The van der Waals surface area contributed by atoms with Gasteiger partial charge >= 0.3 is 0 Å². The van der Waals surface area contributed by atoms with Crippen LogP contribution in [0.4, 0.5) is 17.6 Å². The highest BCUT2D eigenvalue weighted by Crippen LogP contribution is 2.42. The molecule has 5 rings (SSSR count). The summed E-state index contributed by atoms with van der Waals surface area (Å²) in [6, 6.07) is 7.79. The van der Waals surface area contributed by atoms with E-state index in [1.54, 1.807) is 12.5 Å². The second kappa shape index (κ2) is 7.36. The normalized spacial score (nSPS) is 14.8. The van der Waals surface area contributed by atoms with Gasteiger partial charge in [0, 0.05) is 30.4 Å². The number of imidazole rings is 1. The maximum absolute atomic E-state index is 6.45. The molecule has 0 radical (unpaired) electrons. The van der Waals surface area contributed by atoms with E-state index in [2.05, 4.69) is 53.8 Å². The van der Waals surface area contributed by atoms with Gasteiger partial charge in [-0.1, -0.05) is 24.6 Å². The average Bonchev–Trinajstić information content (AvgIpc) is 3.28. The molecule has 148 valence electrons. The highest BCUT2D eigenvalue weighted by Gasteiger charge is 2.30. The molecular weight excluding hydrogens is 388 g/mol. The zero-order valence-electron chi connectivity index (χ0n) is 15.9. The summed E-state index contributed by atoms with van der Waals surface area (Å²) in [5, 5.41) is 14.6. The van der Waals surface area contributed by atoms with Crippen molar-refractivity contribution in [1.29, 1.82) is 0 Å². The minimum absolute atomic E-state index is 0.497. The molecule has 29 heavy (non-hydrogen) atoms. The number of hydrogen-bond acceptors (Lipinski definition) is 6. The SMILES string of the molecule is C[C@H](c1cc(Nc2ccnc(NCc3ccc4[nH]cnc4c3Cl)n2)n[nH]1)C1CC1. The highest BCUT2D eigenvalue weighted by atomic mass is 35.5. The van der Waals surface area contributed by atoms with Crippen molar-refractivity contribution < 1.29 is 0 Å². The van der Waals surface area contributed by atoms with Crippen molar-refractivity contribution in [3.63, 3.8) is 0 Å². The van der Waals surface area contributed by atoms with Gasteiger partial charge in [0.2, 0.25) is 5.95 Å². The molecule has 3 aromatic heterocycles. The molecule has 0 saturated heterocycles. The first kappa shape index (κ1) is 17.9. The van der Waals surface area contributed by atoms with Crippen LogP contribution in [0.3, 0.4) is 0 Å². The smallest absolute Gasteiger partial charge is 0.224 e. The largest absolute Gasteiger partial charge is 0.350 e.